The Balaban J connectivity index is 1.46. The van der Waals surface area contributed by atoms with Crippen molar-refractivity contribution in [1.82, 2.24) is 14.9 Å². The average Bonchev–Trinajstić information content (AvgIpc) is 3.47. The lowest BCUT2D eigenvalue weighted by atomic mass is 9.97. The van der Waals surface area contributed by atoms with Gasteiger partial charge in [-0.25, -0.2) is 4.98 Å². The van der Waals surface area contributed by atoms with Gasteiger partial charge in [0, 0.05) is 28.9 Å². The molecule has 1 aliphatic heterocycles. The Bertz CT molecular complexity index is 1290. The number of rotatable bonds is 5. The van der Waals surface area contributed by atoms with Crippen LogP contribution in [0, 0.1) is 0 Å². The van der Waals surface area contributed by atoms with Gasteiger partial charge in [0.1, 0.15) is 10.7 Å². The van der Waals surface area contributed by atoms with E-state index in [-0.39, 0.29) is 11.6 Å². The van der Waals surface area contributed by atoms with Gasteiger partial charge in [-0.2, -0.15) is 0 Å². The number of methoxy groups -OCH3 is 2. The summed E-state index contributed by atoms with van der Waals surface area (Å²) in [5, 5.41) is 4.74. The summed E-state index contributed by atoms with van der Waals surface area (Å²) in [5.41, 5.74) is 3.39. The van der Waals surface area contributed by atoms with Crippen molar-refractivity contribution in [3.8, 4) is 21.9 Å². The predicted molar refractivity (Wildman–Crippen MR) is 126 cm³/mol. The summed E-state index contributed by atoms with van der Waals surface area (Å²) in [7, 11) is 3.32. The first-order valence-electron chi connectivity index (χ1n) is 10.1. The number of nitrogens with one attached hydrogen (secondary N) is 1. The van der Waals surface area contributed by atoms with E-state index in [2.05, 4.69) is 28.9 Å². The van der Waals surface area contributed by atoms with Crippen molar-refractivity contribution in [3.05, 3.63) is 62.3 Å². The minimum atomic E-state index is -0.0692. The number of hydrogen-bond acceptors (Lipinski definition) is 7. The van der Waals surface area contributed by atoms with E-state index in [4.69, 9.17) is 14.5 Å². The molecular formula is C23H23N3O3S2. The molecule has 0 fully saturated rings. The first-order chi connectivity index (χ1) is 15.1. The van der Waals surface area contributed by atoms with Crippen molar-refractivity contribution in [1.29, 1.82) is 0 Å². The Morgan fingerprint density at radius 2 is 1.94 bits per heavy atom. The predicted octanol–water partition coefficient (Wildman–Crippen LogP) is 4.85. The smallest absolute Gasteiger partial charge is 0.260 e. The van der Waals surface area contributed by atoms with E-state index in [0.717, 1.165) is 46.3 Å². The van der Waals surface area contributed by atoms with Crippen LogP contribution in [0.4, 0.5) is 0 Å². The highest BCUT2D eigenvalue weighted by Gasteiger charge is 2.26. The number of hydrogen-bond donors (Lipinski definition) is 1. The molecule has 3 aromatic heterocycles. The number of benzene rings is 1. The van der Waals surface area contributed by atoms with Crippen LogP contribution in [0.5, 0.6) is 11.5 Å². The van der Waals surface area contributed by atoms with Crippen LogP contribution in [0.25, 0.3) is 20.7 Å². The van der Waals surface area contributed by atoms with Crippen LogP contribution in [-0.2, 0) is 13.0 Å². The molecule has 8 heteroatoms. The fraction of sp³-hybridized carbons (Fsp3) is 0.304. The summed E-state index contributed by atoms with van der Waals surface area (Å²) < 4.78 is 10.9. The topological polar surface area (TPSA) is 67.5 Å². The highest BCUT2D eigenvalue weighted by molar-refractivity contribution is 7.18. The number of aromatic amines is 1. The van der Waals surface area contributed by atoms with Crippen molar-refractivity contribution in [2.24, 2.45) is 0 Å². The van der Waals surface area contributed by atoms with Crippen LogP contribution < -0.4 is 15.0 Å². The van der Waals surface area contributed by atoms with E-state index in [1.54, 1.807) is 25.6 Å². The molecule has 4 heterocycles. The maximum absolute atomic E-state index is 13.0. The maximum Gasteiger partial charge on any atom is 0.260 e. The minimum absolute atomic E-state index is 0.00867. The Hall–Kier alpha value is -2.68. The monoisotopic (exact) mass is 453 g/mol. The van der Waals surface area contributed by atoms with Crippen LogP contribution in [-0.4, -0.2) is 35.6 Å². The SMILES string of the molecule is COc1cc2c(cc1OC)CN(C(C)c1nc3scc(-c4cccs4)c3c(=O)[nH]1)CC2. The third-order valence-electron chi connectivity index (χ3n) is 5.94. The largest absolute Gasteiger partial charge is 0.493 e. The van der Waals surface area contributed by atoms with Gasteiger partial charge in [0.25, 0.3) is 5.56 Å². The first-order valence-corrected chi connectivity index (χ1v) is 11.9. The third-order valence-corrected chi connectivity index (χ3v) is 7.72. The molecule has 1 atom stereocenters. The molecular weight excluding hydrogens is 430 g/mol. The lowest BCUT2D eigenvalue weighted by Gasteiger charge is -2.33. The molecule has 1 N–H and O–H groups in total. The zero-order chi connectivity index (χ0) is 21.5. The summed E-state index contributed by atoms with van der Waals surface area (Å²) in [6.07, 6.45) is 0.911. The molecule has 0 bridgehead atoms. The normalized spacial score (nSPS) is 15.1. The van der Waals surface area contributed by atoms with Crippen LogP contribution >= 0.6 is 22.7 Å². The number of aromatic nitrogens is 2. The fourth-order valence-electron chi connectivity index (χ4n) is 4.19. The standard InChI is InChI=1S/C23H23N3O3S2/c1-13(26-7-6-14-9-17(28-2)18(29-3)10-15(14)11-26)21-24-22(27)20-16(12-31-23(20)25-21)19-5-4-8-30-19/h4-5,8-10,12-13H,6-7,11H2,1-3H3,(H,24,25,27). The van der Waals surface area contributed by atoms with E-state index < -0.39 is 0 Å². The van der Waals surface area contributed by atoms with E-state index in [1.807, 2.05) is 22.9 Å². The van der Waals surface area contributed by atoms with Crippen molar-refractivity contribution in [2.75, 3.05) is 20.8 Å². The van der Waals surface area contributed by atoms with Gasteiger partial charge in [0.2, 0.25) is 0 Å². The number of nitrogens with zero attached hydrogens (tertiary/aromatic N) is 2. The Morgan fingerprint density at radius 3 is 2.65 bits per heavy atom. The van der Waals surface area contributed by atoms with Crippen LogP contribution in [0.3, 0.4) is 0 Å². The van der Waals surface area contributed by atoms with Crippen LogP contribution in [0.2, 0.25) is 0 Å². The van der Waals surface area contributed by atoms with E-state index in [1.165, 1.54) is 22.5 Å². The van der Waals surface area contributed by atoms with Gasteiger partial charge in [-0.05, 0) is 48.1 Å². The molecule has 4 aromatic rings. The molecule has 0 saturated heterocycles. The zero-order valence-electron chi connectivity index (χ0n) is 17.6. The Kier molecular flexibility index (Phi) is 5.29. The fourth-order valence-corrected chi connectivity index (χ4v) is 5.95. The van der Waals surface area contributed by atoms with Gasteiger partial charge < -0.3 is 14.5 Å². The molecule has 1 unspecified atom stereocenters. The highest BCUT2D eigenvalue weighted by Crippen LogP contribution is 2.36. The molecule has 31 heavy (non-hydrogen) atoms. The number of H-pyrrole nitrogens is 1. The number of fused-ring (bicyclic) bond motifs is 2. The van der Waals surface area contributed by atoms with Crippen molar-refractivity contribution in [2.45, 2.75) is 25.9 Å². The molecule has 0 amide bonds. The van der Waals surface area contributed by atoms with Crippen molar-refractivity contribution < 1.29 is 9.47 Å². The van der Waals surface area contributed by atoms with Gasteiger partial charge in [0.15, 0.2) is 11.5 Å². The second-order valence-corrected chi connectivity index (χ2v) is 9.44. The van der Waals surface area contributed by atoms with Gasteiger partial charge in [-0.15, -0.1) is 22.7 Å². The summed E-state index contributed by atoms with van der Waals surface area (Å²) in [5.74, 6) is 2.21. The van der Waals surface area contributed by atoms with Gasteiger partial charge >= 0.3 is 0 Å². The summed E-state index contributed by atoms with van der Waals surface area (Å²) in [6, 6.07) is 8.15. The van der Waals surface area contributed by atoms with Gasteiger partial charge in [-0.3, -0.25) is 9.69 Å². The lowest BCUT2D eigenvalue weighted by molar-refractivity contribution is 0.184. The van der Waals surface area contributed by atoms with Crippen LogP contribution in [0.15, 0.2) is 39.8 Å². The Morgan fingerprint density at radius 1 is 1.16 bits per heavy atom. The van der Waals surface area contributed by atoms with E-state index in [0.29, 0.717) is 11.2 Å². The molecule has 1 aliphatic rings. The summed E-state index contributed by atoms with van der Waals surface area (Å²) in [4.78, 5) is 25.1. The maximum atomic E-state index is 13.0. The zero-order valence-corrected chi connectivity index (χ0v) is 19.2. The first kappa shape index (κ1) is 20.2. The minimum Gasteiger partial charge on any atom is -0.493 e. The van der Waals surface area contributed by atoms with Gasteiger partial charge in [-0.1, -0.05) is 6.07 Å². The molecule has 160 valence electrons. The molecule has 5 rings (SSSR count). The summed E-state index contributed by atoms with van der Waals surface area (Å²) in [6.45, 7) is 3.75. The van der Waals surface area contributed by atoms with Crippen molar-refractivity contribution >= 4 is 32.9 Å². The molecule has 0 spiro atoms. The quantitative estimate of drug-likeness (QED) is 0.468. The molecule has 0 saturated carbocycles. The number of thiophene rings is 2. The average molecular weight is 454 g/mol. The number of ether oxygens (including phenoxy) is 2. The molecule has 0 radical (unpaired) electrons. The third kappa shape index (κ3) is 3.54. The van der Waals surface area contributed by atoms with Crippen LogP contribution in [0.1, 0.15) is 29.9 Å². The van der Waals surface area contributed by atoms with E-state index >= 15 is 0 Å². The highest BCUT2D eigenvalue weighted by atomic mass is 32.1. The molecule has 6 nitrogen and oxygen atoms in total. The molecule has 1 aromatic carbocycles. The summed E-state index contributed by atoms with van der Waals surface area (Å²) >= 11 is 3.16. The Labute approximate surface area is 188 Å². The van der Waals surface area contributed by atoms with Gasteiger partial charge in [0.05, 0.1) is 25.6 Å². The van der Waals surface area contributed by atoms with E-state index in [9.17, 15) is 4.79 Å². The second kappa shape index (κ2) is 8.11. The van der Waals surface area contributed by atoms with Crippen molar-refractivity contribution in [3.63, 3.8) is 0 Å². The molecule has 0 aliphatic carbocycles. The second-order valence-electron chi connectivity index (χ2n) is 7.63. The lowest BCUT2D eigenvalue weighted by Crippen LogP contribution is -2.34.